The third-order valence-electron chi connectivity index (χ3n) is 3.62. The Morgan fingerprint density at radius 1 is 1.36 bits per heavy atom. The highest BCUT2D eigenvalue weighted by Gasteiger charge is 2.29. The predicted octanol–water partition coefficient (Wildman–Crippen LogP) is 2.38. The number of carbonyl (C=O) groups is 1. The first kappa shape index (κ1) is 18.3. The van der Waals surface area contributed by atoms with Crippen molar-refractivity contribution in [1.82, 2.24) is 9.29 Å². The van der Waals surface area contributed by atoms with Crippen LogP contribution in [0, 0.1) is 6.92 Å². The van der Waals surface area contributed by atoms with Crippen LogP contribution >= 0.6 is 22.9 Å². The van der Waals surface area contributed by atoms with E-state index in [-0.39, 0.29) is 28.6 Å². The Labute approximate surface area is 154 Å². The molecule has 0 saturated carbocycles. The van der Waals surface area contributed by atoms with E-state index in [1.54, 1.807) is 6.20 Å². The van der Waals surface area contributed by atoms with E-state index in [9.17, 15) is 13.2 Å². The van der Waals surface area contributed by atoms with Gasteiger partial charge in [-0.15, -0.1) is 11.3 Å². The van der Waals surface area contributed by atoms with Gasteiger partial charge in [-0.2, -0.15) is 4.31 Å². The number of benzene rings is 1. The first-order chi connectivity index (χ1) is 11.9. The van der Waals surface area contributed by atoms with Crippen LogP contribution < -0.4 is 5.32 Å². The summed E-state index contributed by atoms with van der Waals surface area (Å²) in [4.78, 5) is 17.3. The maximum atomic E-state index is 12.8. The molecule has 1 aliphatic rings. The van der Waals surface area contributed by atoms with E-state index in [0.29, 0.717) is 18.3 Å². The molecule has 0 radical (unpaired) electrons. The fourth-order valence-electron chi connectivity index (χ4n) is 2.35. The molecular formula is C15H16ClN3O4S2. The monoisotopic (exact) mass is 401 g/mol. The third kappa shape index (κ3) is 4.01. The summed E-state index contributed by atoms with van der Waals surface area (Å²) in [5.74, 6) is -0.440. The summed E-state index contributed by atoms with van der Waals surface area (Å²) in [5, 5.41) is 3.18. The number of halogens is 1. The molecule has 1 saturated heterocycles. The number of nitrogens with one attached hydrogen (secondary N) is 1. The molecule has 2 aromatic rings. The smallest absolute Gasteiger partial charge is 0.257 e. The van der Waals surface area contributed by atoms with Gasteiger partial charge in [0.25, 0.3) is 5.91 Å². The molecule has 0 aliphatic carbocycles. The number of aromatic nitrogens is 1. The number of hydrogen-bond donors (Lipinski definition) is 1. The highest BCUT2D eigenvalue weighted by atomic mass is 35.5. The van der Waals surface area contributed by atoms with Crippen LogP contribution in [0.4, 0.5) is 5.13 Å². The number of anilines is 1. The maximum absolute atomic E-state index is 12.8. The van der Waals surface area contributed by atoms with Crippen molar-refractivity contribution in [2.75, 3.05) is 31.6 Å². The van der Waals surface area contributed by atoms with Gasteiger partial charge in [-0.05, 0) is 25.1 Å². The van der Waals surface area contributed by atoms with Crippen LogP contribution in [-0.4, -0.2) is 49.9 Å². The van der Waals surface area contributed by atoms with Crippen molar-refractivity contribution >= 4 is 44.0 Å². The summed E-state index contributed by atoms with van der Waals surface area (Å²) in [7, 11) is -3.79. The summed E-state index contributed by atoms with van der Waals surface area (Å²) < 4.78 is 32.1. The van der Waals surface area contributed by atoms with Crippen molar-refractivity contribution in [3.8, 4) is 0 Å². The molecule has 10 heteroatoms. The average Bonchev–Trinajstić information content (AvgIpc) is 3.00. The molecule has 1 fully saturated rings. The summed E-state index contributed by atoms with van der Waals surface area (Å²) in [6, 6.07) is 4.19. The number of hydrogen-bond acceptors (Lipinski definition) is 6. The number of amides is 1. The van der Waals surface area contributed by atoms with Crippen molar-refractivity contribution in [1.29, 1.82) is 0 Å². The highest BCUT2D eigenvalue weighted by molar-refractivity contribution is 7.89. The zero-order valence-electron chi connectivity index (χ0n) is 13.4. The van der Waals surface area contributed by atoms with Gasteiger partial charge >= 0.3 is 0 Å². The molecular weight excluding hydrogens is 386 g/mol. The van der Waals surface area contributed by atoms with E-state index >= 15 is 0 Å². The number of aryl methyl sites for hydroxylation is 1. The normalized spacial score (nSPS) is 15.9. The van der Waals surface area contributed by atoms with E-state index in [1.165, 1.54) is 33.8 Å². The van der Waals surface area contributed by atoms with E-state index < -0.39 is 15.9 Å². The van der Waals surface area contributed by atoms with Gasteiger partial charge in [0, 0.05) is 29.7 Å². The fraction of sp³-hybridized carbons (Fsp3) is 0.333. The number of nitrogens with zero attached hydrogens (tertiary/aromatic N) is 2. The molecule has 0 bridgehead atoms. The summed E-state index contributed by atoms with van der Waals surface area (Å²) >= 11 is 7.43. The minimum absolute atomic E-state index is 0.0770. The molecule has 0 atom stereocenters. The van der Waals surface area contributed by atoms with Gasteiger partial charge in [0.15, 0.2) is 5.13 Å². The van der Waals surface area contributed by atoms with Gasteiger partial charge in [0.2, 0.25) is 10.0 Å². The van der Waals surface area contributed by atoms with E-state index in [4.69, 9.17) is 16.3 Å². The Balaban J connectivity index is 1.88. The topological polar surface area (TPSA) is 88.6 Å². The van der Waals surface area contributed by atoms with Crippen LogP contribution in [0.15, 0.2) is 29.3 Å². The standard InChI is InChI=1S/C15H16ClN3O4S2/c1-10-9-17-15(24-10)18-14(20)11-2-3-12(16)13(8-11)25(21,22)19-4-6-23-7-5-19/h2-3,8-9H,4-7H2,1H3,(H,17,18,20). The molecule has 3 rings (SSSR count). The molecule has 0 unspecified atom stereocenters. The first-order valence-corrected chi connectivity index (χ1v) is 10.1. The second-order valence-electron chi connectivity index (χ2n) is 5.39. The average molecular weight is 402 g/mol. The van der Waals surface area contributed by atoms with Gasteiger partial charge in [0.05, 0.1) is 18.2 Å². The lowest BCUT2D eigenvalue weighted by atomic mass is 10.2. The second kappa shape index (κ2) is 7.38. The fourth-order valence-corrected chi connectivity index (χ4v) is 4.92. The van der Waals surface area contributed by atoms with Crippen molar-refractivity contribution in [3.63, 3.8) is 0 Å². The van der Waals surface area contributed by atoms with Gasteiger partial charge < -0.3 is 4.74 Å². The van der Waals surface area contributed by atoms with E-state index in [1.807, 2.05) is 6.92 Å². The molecule has 1 amide bonds. The van der Waals surface area contributed by atoms with Gasteiger partial charge in [0.1, 0.15) is 4.90 Å². The number of carbonyl (C=O) groups excluding carboxylic acids is 1. The number of rotatable bonds is 4. The molecule has 1 aromatic carbocycles. The Morgan fingerprint density at radius 2 is 2.08 bits per heavy atom. The predicted molar refractivity (Wildman–Crippen MR) is 95.8 cm³/mol. The minimum Gasteiger partial charge on any atom is -0.379 e. The largest absolute Gasteiger partial charge is 0.379 e. The summed E-state index contributed by atoms with van der Waals surface area (Å²) in [5.41, 5.74) is 0.198. The number of ether oxygens (including phenoxy) is 1. The van der Waals surface area contributed by atoms with Crippen LogP contribution in [-0.2, 0) is 14.8 Å². The molecule has 7 nitrogen and oxygen atoms in total. The zero-order chi connectivity index (χ0) is 18.0. The maximum Gasteiger partial charge on any atom is 0.257 e. The lowest BCUT2D eigenvalue weighted by molar-refractivity contribution is 0.0730. The van der Waals surface area contributed by atoms with E-state index in [0.717, 1.165) is 4.88 Å². The Kier molecular flexibility index (Phi) is 5.40. The molecule has 1 N–H and O–H groups in total. The molecule has 25 heavy (non-hydrogen) atoms. The SMILES string of the molecule is Cc1cnc(NC(=O)c2ccc(Cl)c(S(=O)(=O)N3CCOCC3)c2)s1. The molecule has 134 valence electrons. The van der Waals surface area contributed by atoms with Crippen molar-refractivity contribution in [2.24, 2.45) is 0 Å². The lowest BCUT2D eigenvalue weighted by Crippen LogP contribution is -2.40. The number of sulfonamides is 1. The van der Waals surface area contributed by atoms with Gasteiger partial charge in [-0.3, -0.25) is 10.1 Å². The van der Waals surface area contributed by atoms with Crippen LogP contribution in [0.2, 0.25) is 5.02 Å². The highest BCUT2D eigenvalue weighted by Crippen LogP contribution is 2.27. The lowest BCUT2D eigenvalue weighted by Gasteiger charge is -2.26. The molecule has 0 spiro atoms. The van der Waals surface area contributed by atoms with Crippen LogP contribution in [0.3, 0.4) is 0 Å². The molecule has 2 heterocycles. The zero-order valence-corrected chi connectivity index (χ0v) is 15.7. The van der Waals surface area contributed by atoms with Gasteiger partial charge in [-0.25, -0.2) is 13.4 Å². The second-order valence-corrected chi connectivity index (χ2v) is 8.94. The first-order valence-electron chi connectivity index (χ1n) is 7.49. The summed E-state index contributed by atoms with van der Waals surface area (Å²) in [6.07, 6.45) is 1.65. The molecule has 1 aliphatic heterocycles. The molecule has 1 aromatic heterocycles. The van der Waals surface area contributed by atoms with Crippen LogP contribution in [0.5, 0.6) is 0 Å². The van der Waals surface area contributed by atoms with Crippen molar-refractivity contribution < 1.29 is 17.9 Å². The van der Waals surface area contributed by atoms with E-state index in [2.05, 4.69) is 10.3 Å². The summed E-state index contributed by atoms with van der Waals surface area (Å²) in [6.45, 7) is 3.06. The third-order valence-corrected chi connectivity index (χ3v) is 6.83. The minimum atomic E-state index is -3.79. The Hall–Kier alpha value is -1.52. The number of thiazole rings is 1. The quantitative estimate of drug-likeness (QED) is 0.849. The Morgan fingerprint density at radius 3 is 2.72 bits per heavy atom. The van der Waals surface area contributed by atoms with Gasteiger partial charge in [-0.1, -0.05) is 11.6 Å². The van der Waals surface area contributed by atoms with Crippen LogP contribution in [0.1, 0.15) is 15.2 Å². The Bertz CT molecular complexity index is 892. The van der Waals surface area contributed by atoms with Crippen molar-refractivity contribution in [2.45, 2.75) is 11.8 Å². The number of morpholine rings is 1. The van der Waals surface area contributed by atoms with Crippen LogP contribution in [0.25, 0.3) is 0 Å². The van der Waals surface area contributed by atoms with Crippen molar-refractivity contribution in [3.05, 3.63) is 39.9 Å².